The number of pyridine rings is 1. The number of fused-ring (bicyclic) bond motifs is 4. The second kappa shape index (κ2) is 5.88. The number of rotatable bonds is 4. The van der Waals surface area contributed by atoms with Crippen molar-refractivity contribution in [3.8, 4) is 0 Å². The molecule has 0 unspecified atom stereocenters. The standard InChI is InChI=1S/C19H17N5OS/c1-3-17-21-22-19(15-9-16-14(24(15)17)8-12(2)25-16)26-11-13-10-23-7-5-4-6-18(23)20-13/h4-10H,3,11H2,1-2H3. The summed E-state index contributed by atoms with van der Waals surface area (Å²) < 4.78 is 10.00. The zero-order valence-electron chi connectivity index (χ0n) is 14.5. The number of nitrogens with zero attached hydrogens (tertiary/aromatic N) is 5. The van der Waals surface area contributed by atoms with Gasteiger partial charge >= 0.3 is 0 Å². The van der Waals surface area contributed by atoms with Crippen LogP contribution >= 0.6 is 11.8 Å². The van der Waals surface area contributed by atoms with E-state index in [4.69, 9.17) is 4.42 Å². The molecular weight excluding hydrogens is 346 g/mol. The van der Waals surface area contributed by atoms with Crippen molar-refractivity contribution in [1.29, 1.82) is 0 Å². The molecule has 0 bridgehead atoms. The predicted molar refractivity (Wildman–Crippen MR) is 102 cm³/mol. The molecule has 0 saturated heterocycles. The van der Waals surface area contributed by atoms with E-state index in [1.54, 1.807) is 11.8 Å². The van der Waals surface area contributed by atoms with Gasteiger partial charge in [0.2, 0.25) is 0 Å². The van der Waals surface area contributed by atoms with Crippen molar-refractivity contribution in [2.24, 2.45) is 0 Å². The molecule has 0 saturated carbocycles. The third-order valence-electron chi connectivity index (χ3n) is 4.43. The van der Waals surface area contributed by atoms with E-state index in [-0.39, 0.29) is 0 Å². The highest BCUT2D eigenvalue weighted by Gasteiger charge is 2.16. The van der Waals surface area contributed by atoms with Crippen LogP contribution in [-0.2, 0) is 12.2 Å². The quantitative estimate of drug-likeness (QED) is 0.446. The molecule has 130 valence electrons. The number of aromatic nitrogens is 5. The van der Waals surface area contributed by atoms with Gasteiger partial charge in [-0.25, -0.2) is 4.98 Å². The molecule has 5 rings (SSSR count). The summed E-state index contributed by atoms with van der Waals surface area (Å²) in [6, 6.07) is 10.1. The van der Waals surface area contributed by atoms with Crippen LogP contribution in [0.5, 0.6) is 0 Å². The molecule has 0 aromatic carbocycles. The topological polar surface area (TPSA) is 60.6 Å². The Morgan fingerprint density at radius 3 is 2.92 bits per heavy atom. The van der Waals surface area contributed by atoms with Crippen molar-refractivity contribution in [2.75, 3.05) is 0 Å². The first-order valence-corrected chi connectivity index (χ1v) is 9.54. The minimum Gasteiger partial charge on any atom is -0.460 e. The van der Waals surface area contributed by atoms with Crippen LogP contribution in [0.2, 0.25) is 0 Å². The van der Waals surface area contributed by atoms with E-state index in [1.807, 2.05) is 35.7 Å². The van der Waals surface area contributed by atoms with Crippen LogP contribution in [-0.4, -0.2) is 24.0 Å². The molecule has 0 fully saturated rings. The summed E-state index contributed by atoms with van der Waals surface area (Å²) >= 11 is 1.65. The molecule has 0 amide bonds. The van der Waals surface area contributed by atoms with Gasteiger partial charge in [-0.3, -0.25) is 4.40 Å². The molecule has 0 aliphatic rings. The van der Waals surface area contributed by atoms with Gasteiger partial charge in [0.15, 0.2) is 5.58 Å². The summed E-state index contributed by atoms with van der Waals surface area (Å²) in [4.78, 5) is 4.65. The fraction of sp³-hybridized carbons (Fsp3) is 0.211. The molecule has 0 atom stereocenters. The van der Waals surface area contributed by atoms with Crippen molar-refractivity contribution in [3.63, 3.8) is 0 Å². The van der Waals surface area contributed by atoms with Crippen molar-refractivity contribution in [2.45, 2.75) is 31.0 Å². The molecule has 0 radical (unpaired) electrons. The Morgan fingerprint density at radius 2 is 2.08 bits per heavy atom. The van der Waals surface area contributed by atoms with Crippen LogP contribution in [0, 0.1) is 6.92 Å². The van der Waals surface area contributed by atoms with Gasteiger partial charge in [-0.05, 0) is 19.1 Å². The highest BCUT2D eigenvalue weighted by molar-refractivity contribution is 7.98. The minimum atomic E-state index is 0.739. The van der Waals surface area contributed by atoms with Gasteiger partial charge < -0.3 is 8.82 Å². The van der Waals surface area contributed by atoms with Gasteiger partial charge in [0.05, 0.1) is 16.7 Å². The van der Waals surface area contributed by atoms with E-state index in [0.29, 0.717) is 0 Å². The summed E-state index contributed by atoms with van der Waals surface area (Å²) in [5, 5.41) is 9.79. The largest absolute Gasteiger partial charge is 0.460 e. The molecule has 7 heteroatoms. The number of furan rings is 1. The second-order valence-corrected chi connectivity index (χ2v) is 7.20. The van der Waals surface area contributed by atoms with E-state index < -0.39 is 0 Å². The Kier molecular flexibility index (Phi) is 3.49. The van der Waals surface area contributed by atoms with E-state index >= 15 is 0 Å². The van der Waals surface area contributed by atoms with E-state index in [0.717, 1.165) is 56.7 Å². The first-order valence-electron chi connectivity index (χ1n) is 8.55. The molecule has 5 heterocycles. The van der Waals surface area contributed by atoms with Crippen molar-refractivity contribution < 1.29 is 4.42 Å². The highest BCUT2D eigenvalue weighted by atomic mass is 32.2. The number of thioether (sulfide) groups is 1. The van der Waals surface area contributed by atoms with Gasteiger partial charge in [0.1, 0.15) is 22.3 Å². The Labute approximate surface area is 153 Å². The van der Waals surface area contributed by atoms with Crippen LogP contribution in [0.25, 0.3) is 22.3 Å². The average Bonchev–Trinajstić information content (AvgIpc) is 3.31. The molecule has 6 nitrogen and oxygen atoms in total. The maximum absolute atomic E-state index is 5.81. The van der Waals surface area contributed by atoms with Crippen LogP contribution in [0.1, 0.15) is 24.2 Å². The van der Waals surface area contributed by atoms with Gasteiger partial charge in [-0.15, -0.1) is 10.2 Å². The third kappa shape index (κ3) is 2.39. The first-order chi connectivity index (χ1) is 12.7. The zero-order chi connectivity index (χ0) is 17.7. The zero-order valence-corrected chi connectivity index (χ0v) is 15.3. The molecule has 5 aromatic rings. The SMILES string of the molecule is CCc1nnc(SCc2cn3ccccc3n2)c2cc3oc(C)cc3n12. The van der Waals surface area contributed by atoms with E-state index in [9.17, 15) is 0 Å². The molecule has 0 aliphatic carbocycles. The lowest BCUT2D eigenvalue weighted by Crippen LogP contribution is -2.03. The number of aryl methyl sites for hydroxylation is 2. The lowest BCUT2D eigenvalue weighted by molar-refractivity contribution is 0.579. The Balaban J connectivity index is 1.55. The number of hydrogen-bond acceptors (Lipinski definition) is 5. The predicted octanol–water partition coefficient (Wildman–Crippen LogP) is 4.29. The van der Waals surface area contributed by atoms with Crippen molar-refractivity contribution in [1.82, 2.24) is 24.0 Å². The summed E-state index contributed by atoms with van der Waals surface area (Å²) in [7, 11) is 0. The Morgan fingerprint density at radius 1 is 1.15 bits per heavy atom. The smallest absolute Gasteiger partial charge is 0.153 e. The number of imidazole rings is 1. The van der Waals surface area contributed by atoms with E-state index in [1.165, 1.54) is 0 Å². The van der Waals surface area contributed by atoms with Gasteiger partial charge in [-0.2, -0.15) is 0 Å². The summed E-state index contributed by atoms with van der Waals surface area (Å²) in [6.45, 7) is 4.05. The monoisotopic (exact) mass is 363 g/mol. The van der Waals surface area contributed by atoms with Crippen LogP contribution < -0.4 is 0 Å². The van der Waals surface area contributed by atoms with Gasteiger partial charge in [-0.1, -0.05) is 24.8 Å². The van der Waals surface area contributed by atoms with Crippen LogP contribution in [0.3, 0.4) is 0 Å². The van der Waals surface area contributed by atoms with Crippen LogP contribution in [0.15, 0.2) is 52.2 Å². The Hall–Kier alpha value is -2.80. The van der Waals surface area contributed by atoms with Crippen LogP contribution in [0.4, 0.5) is 0 Å². The summed E-state index contributed by atoms with van der Waals surface area (Å²) in [5.74, 6) is 2.58. The fourth-order valence-electron chi connectivity index (χ4n) is 3.28. The van der Waals surface area contributed by atoms with Crippen molar-refractivity contribution >= 4 is 34.0 Å². The fourth-order valence-corrected chi connectivity index (χ4v) is 4.10. The van der Waals surface area contributed by atoms with Crippen molar-refractivity contribution in [3.05, 3.63) is 60.0 Å². The maximum atomic E-state index is 5.81. The third-order valence-corrected chi connectivity index (χ3v) is 5.44. The normalized spacial score (nSPS) is 11.9. The lowest BCUT2D eigenvalue weighted by atomic mass is 10.4. The maximum Gasteiger partial charge on any atom is 0.153 e. The molecule has 0 N–H and O–H groups in total. The molecule has 26 heavy (non-hydrogen) atoms. The summed E-state index contributed by atoms with van der Waals surface area (Å²) in [6.07, 6.45) is 4.88. The average molecular weight is 363 g/mol. The number of hydrogen-bond donors (Lipinski definition) is 0. The highest BCUT2D eigenvalue weighted by Crippen LogP contribution is 2.31. The second-order valence-electron chi connectivity index (χ2n) is 6.23. The molecule has 0 aliphatic heterocycles. The lowest BCUT2D eigenvalue weighted by Gasteiger charge is -2.06. The van der Waals surface area contributed by atoms with Gasteiger partial charge in [0, 0.05) is 36.7 Å². The molecule has 5 aromatic heterocycles. The molecular formula is C19H17N5OS. The summed E-state index contributed by atoms with van der Waals surface area (Å²) in [5.41, 5.74) is 4.95. The Bertz CT molecular complexity index is 1220. The minimum absolute atomic E-state index is 0.739. The van der Waals surface area contributed by atoms with E-state index in [2.05, 4.69) is 44.8 Å². The molecule has 0 spiro atoms. The van der Waals surface area contributed by atoms with Gasteiger partial charge in [0.25, 0.3) is 0 Å². The first kappa shape index (κ1) is 15.5.